The van der Waals surface area contributed by atoms with E-state index in [-0.39, 0.29) is 27.6 Å². The molecule has 2 aromatic rings. The molecule has 8 heteroatoms. The second kappa shape index (κ2) is 7.32. The summed E-state index contributed by atoms with van der Waals surface area (Å²) in [5.41, 5.74) is 1.06. The highest BCUT2D eigenvalue weighted by Gasteiger charge is 2.33. The van der Waals surface area contributed by atoms with Gasteiger partial charge in [0.1, 0.15) is 10.8 Å². The first-order valence-electron chi connectivity index (χ1n) is 7.99. The lowest BCUT2D eigenvalue weighted by molar-refractivity contribution is 0.281. The van der Waals surface area contributed by atoms with E-state index < -0.39 is 5.82 Å². The van der Waals surface area contributed by atoms with Gasteiger partial charge in [-0.05, 0) is 43.6 Å². The summed E-state index contributed by atoms with van der Waals surface area (Å²) in [5, 5.41) is 7.44. The van der Waals surface area contributed by atoms with Crippen LogP contribution in [-0.2, 0) is 7.05 Å². The van der Waals surface area contributed by atoms with Crippen molar-refractivity contribution in [2.24, 2.45) is 13.0 Å². The largest absolute Gasteiger partial charge is 0.382 e. The molecule has 1 N–H and O–H groups in total. The molecule has 3 rings (SSSR count). The molecule has 5 nitrogen and oxygen atoms in total. The van der Waals surface area contributed by atoms with E-state index in [1.165, 1.54) is 10.7 Å². The maximum Gasteiger partial charge on any atom is 0.287 e. The van der Waals surface area contributed by atoms with Crippen molar-refractivity contribution in [3.8, 4) is 0 Å². The number of nitrogens with zero attached hydrogens (tertiary/aromatic N) is 3. The predicted octanol–water partition coefficient (Wildman–Crippen LogP) is 3.33. The van der Waals surface area contributed by atoms with Crippen molar-refractivity contribution in [3.63, 3.8) is 0 Å². The predicted molar refractivity (Wildman–Crippen MR) is 97.9 cm³/mol. The first-order valence-corrected chi connectivity index (χ1v) is 8.75. The number of hydrogen-bond donors (Lipinski definition) is 1. The summed E-state index contributed by atoms with van der Waals surface area (Å²) in [7, 11) is 3.57. The Bertz CT molecular complexity index is 842. The second-order valence-corrected chi connectivity index (χ2v) is 7.11. The monoisotopic (exact) mass is 384 g/mol. The van der Waals surface area contributed by atoms with Gasteiger partial charge in [0.25, 0.3) is 5.56 Å². The van der Waals surface area contributed by atoms with E-state index >= 15 is 0 Å². The Morgan fingerprint density at radius 2 is 2.12 bits per heavy atom. The van der Waals surface area contributed by atoms with Crippen molar-refractivity contribution in [2.45, 2.75) is 12.5 Å². The maximum absolute atomic E-state index is 13.8. The summed E-state index contributed by atoms with van der Waals surface area (Å²) in [4.78, 5) is 14.1. The standard InChI is InChI=1S/C17H19Cl2FN4O/c1-23-6-5-11(16(23)10-3-4-12(18)13(20)7-10)8-21-14-9-22-24(2)17(25)15(14)19/h3-4,7,9,11,16,21H,5-6,8H2,1-2H3. The van der Waals surface area contributed by atoms with Gasteiger partial charge in [-0.2, -0.15) is 5.10 Å². The average Bonchev–Trinajstić information content (AvgIpc) is 2.95. The quantitative estimate of drug-likeness (QED) is 0.877. The second-order valence-electron chi connectivity index (χ2n) is 6.33. The molecule has 1 aliphatic rings. The summed E-state index contributed by atoms with van der Waals surface area (Å²) in [6.45, 7) is 1.51. The minimum absolute atomic E-state index is 0.0672. The SMILES string of the molecule is CN1CCC(CNc2cnn(C)c(=O)c2Cl)C1c1ccc(Cl)c(F)c1. The Kier molecular flexibility index (Phi) is 5.32. The molecule has 25 heavy (non-hydrogen) atoms. The van der Waals surface area contributed by atoms with Gasteiger partial charge in [-0.3, -0.25) is 9.69 Å². The molecule has 2 atom stereocenters. The Morgan fingerprint density at radius 1 is 1.36 bits per heavy atom. The van der Waals surface area contributed by atoms with Crippen molar-refractivity contribution in [1.29, 1.82) is 0 Å². The number of nitrogens with one attached hydrogen (secondary N) is 1. The Hall–Kier alpha value is -1.63. The topological polar surface area (TPSA) is 50.2 Å². The van der Waals surface area contributed by atoms with Gasteiger partial charge >= 0.3 is 0 Å². The highest BCUT2D eigenvalue weighted by atomic mass is 35.5. The molecular formula is C17H19Cl2FN4O. The van der Waals surface area contributed by atoms with Crippen molar-refractivity contribution < 1.29 is 4.39 Å². The average molecular weight is 385 g/mol. The Labute approximate surface area is 155 Å². The highest BCUT2D eigenvalue weighted by molar-refractivity contribution is 6.32. The minimum Gasteiger partial charge on any atom is -0.382 e. The summed E-state index contributed by atoms with van der Waals surface area (Å²) in [6.07, 6.45) is 2.49. The van der Waals surface area contributed by atoms with Crippen molar-refractivity contribution in [3.05, 3.63) is 56.2 Å². The van der Waals surface area contributed by atoms with E-state index in [4.69, 9.17) is 23.2 Å². The van der Waals surface area contributed by atoms with Crippen molar-refractivity contribution >= 4 is 28.9 Å². The van der Waals surface area contributed by atoms with E-state index in [9.17, 15) is 9.18 Å². The van der Waals surface area contributed by atoms with Crippen molar-refractivity contribution in [1.82, 2.24) is 14.7 Å². The number of hydrogen-bond acceptors (Lipinski definition) is 4. The molecule has 2 unspecified atom stereocenters. The molecule has 1 fully saturated rings. The Morgan fingerprint density at radius 3 is 2.84 bits per heavy atom. The van der Waals surface area contributed by atoms with E-state index in [2.05, 4.69) is 15.3 Å². The van der Waals surface area contributed by atoms with Crippen LogP contribution in [0.1, 0.15) is 18.0 Å². The molecule has 0 radical (unpaired) electrons. The van der Waals surface area contributed by atoms with Crippen LogP contribution in [0.15, 0.2) is 29.2 Å². The van der Waals surface area contributed by atoms with E-state index in [1.807, 2.05) is 13.1 Å². The summed E-state index contributed by atoms with van der Waals surface area (Å²) < 4.78 is 15.0. The number of anilines is 1. The van der Waals surface area contributed by atoms with Crippen LogP contribution in [0, 0.1) is 11.7 Å². The molecule has 1 saturated heterocycles. The Balaban J connectivity index is 1.78. The molecule has 134 valence electrons. The third-order valence-corrected chi connectivity index (χ3v) is 5.36. The first kappa shape index (κ1) is 18.2. The molecule has 1 aromatic heterocycles. The van der Waals surface area contributed by atoms with Crippen LogP contribution in [0.4, 0.5) is 10.1 Å². The first-order chi connectivity index (χ1) is 11.9. The zero-order valence-corrected chi connectivity index (χ0v) is 15.5. The van der Waals surface area contributed by atoms with Crippen LogP contribution in [0.25, 0.3) is 0 Å². The van der Waals surface area contributed by atoms with Gasteiger partial charge in [0.15, 0.2) is 0 Å². The van der Waals surface area contributed by atoms with Gasteiger partial charge in [-0.25, -0.2) is 9.07 Å². The number of halogens is 3. The number of likely N-dealkylation sites (tertiary alicyclic amines) is 1. The fraction of sp³-hybridized carbons (Fsp3) is 0.412. The van der Waals surface area contributed by atoms with Gasteiger partial charge in [0.05, 0.1) is 16.9 Å². The van der Waals surface area contributed by atoms with Crippen LogP contribution < -0.4 is 10.9 Å². The molecule has 1 aliphatic heterocycles. The molecule has 0 saturated carbocycles. The van der Waals surface area contributed by atoms with Gasteiger partial charge in [0.2, 0.25) is 0 Å². The van der Waals surface area contributed by atoms with E-state index in [1.54, 1.807) is 19.3 Å². The third-order valence-electron chi connectivity index (χ3n) is 4.69. The molecule has 2 heterocycles. The van der Waals surface area contributed by atoms with E-state index in [0.717, 1.165) is 18.5 Å². The zero-order valence-electron chi connectivity index (χ0n) is 14.0. The molecule has 0 spiro atoms. The van der Waals surface area contributed by atoms with Crippen LogP contribution in [-0.4, -0.2) is 34.8 Å². The number of aryl methyl sites for hydroxylation is 1. The molecule has 0 amide bonds. The third kappa shape index (κ3) is 3.66. The smallest absolute Gasteiger partial charge is 0.287 e. The number of aromatic nitrogens is 2. The minimum atomic E-state index is -0.412. The van der Waals surface area contributed by atoms with Gasteiger partial charge in [-0.1, -0.05) is 29.3 Å². The lowest BCUT2D eigenvalue weighted by Gasteiger charge is -2.26. The fourth-order valence-corrected chi connectivity index (χ4v) is 3.69. The normalized spacial score (nSPS) is 20.8. The van der Waals surface area contributed by atoms with Gasteiger partial charge < -0.3 is 5.32 Å². The number of benzene rings is 1. The summed E-state index contributed by atoms with van der Waals surface area (Å²) in [6, 6.07) is 5.01. The highest BCUT2D eigenvalue weighted by Crippen LogP contribution is 2.37. The van der Waals surface area contributed by atoms with Crippen LogP contribution >= 0.6 is 23.2 Å². The maximum atomic E-state index is 13.8. The van der Waals surface area contributed by atoms with Crippen LogP contribution in [0.2, 0.25) is 10.0 Å². The van der Waals surface area contributed by atoms with Crippen LogP contribution in [0.3, 0.4) is 0 Å². The molecule has 1 aromatic carbocycles. The van der Waals surface area contributed by atoms with E-state index in [0.29, 0.717) is 12.2 Å². The fourth-order valence-electron chi connectivity index (χ4n) is 3.34. The van der Waals surface area contributed by atoms with Gasteiger partial charge in [-0.15, -0.1) is 0 Å². The number of rotatable bonds is 4. The molecule has 0 aliphatic carbocycles. The summed E-state index contributed by atoms with van der Waals surface area (Å²) >= 11 is 11.9. The zero-order chi connectivity index (χ0) is 18.1. The van der Waals surface area contributed by atoms with Crippen LogP contribution in [0.5, 0.6) is 0 Å². The van der Waals surface area contributed by atoms with Gasteiger partial charge in [0, 0.05) is 19.6 Å². The molecule has 0 bridgehead atoms. The summed E-state index contributed by atoms with van der Waals surface area (Å²) in [5.74, 6) is -0.171. The lowest BCUT2D eigenvalue weighted by atomic mass is 9.93. The molecular weight excluding hydrogens is 366 g/mol. The van der Waals surface area contributed by atoms with Crippen molar-refractivity contribution in [2.75, 3.05) is 25.5 Å². The lowest BCUT2D eigenvalue weighted by Crippen LogP contribution is -2.26.